The molecule has 0 aromatic carbocycles. The minimum absolute atomic E-state index is 0.0618. The number of fused-ring (bicyclic) bond motifs is 1. The van der Waals surface area contributed by atoms with Crippen molar-refractivity contribution in [3.8, 4) is 0 Å². The van der Waals surface area contributed by atoms with Gasteiger partial charge in [0.25, 0.3) is 0 Å². The number of rotatable bonds is 3. The zero-order valence-electron chi connectivity index (χ0n) is 10.4. The molecule has 0 aliphatic rings. The van der Waals surface area contributed by atoms with E-state index in [-0.39, 0.29) is 11.8 Å². The lowest BCUT2D eigenvalue weighted by atomic mass is 10.0. The Morgan fingerprint density at radius 3 is 2.82 bits per heavy atom. The van der Waals surface area contributed by atoms with E-state index < -0.39 is 6.04 Å². The average Bonchev–Trinajstić information content (AvgIpc) is 2.85. The van der Waals surface area contributed by atoms with Crippen molar-refractivity contribution >= 4 is 17.0 Å². The zero-order chi connectivity index (χ0) is 12.6. The number of carbonyl (C=O) groups excluding carboxylic acids is 1. The van der Waals surface area contributed by atoms with Crippen LogP contribution in [0.4, 0.5) is 0 Å². The maximum Gasteiger partial charge on any atom is 0.248 e. The third-order valence-corrected chi connectivity index (χ3v) is 3.09. The molecule has 17 heavy (non-hydrogen) atoms. The number of hydrogen-bond donors (Lipinski definition) is 1. The Bertz CT molecular complexity index is 537. The summed E-state index contributed by atoms with van der Waals surface area (Å²) in [6.07, 6.45) is 2.37. The van der Waals surface area contributed by atoms with Crippen molar-refractivity contribution in [2.24, 2.45) is 11.7 Å². The molecule has 2 rings (SSSR count). The summed E-state index contributed by atoms with van der Waals surface area (Å²) < 4.78 is 7.00. The van der Waals surface area contributed by atoms with Crippen LogP contribution in [0.5, 0.6) is 0 Å². The Balaban J connectivity index is 2.52. The number of aryl methyl sites for hydroxylation is 1. The van der Waals surface area contributed by atoms with Gasteiger partial charge in [-0.05, 0) is 12.3 Å². The van der Waals surface area contributed by atoms with E-state index in [1.807, 2.05) is 26.8 Å². The molecule has 92 valence electrons. The SMILES string of the molecule is CCc1cc2occc2n1C(=O)[C@@H](N)C(C)C. The molecule has 2 aromatic heterocycles. The molecule has 0 spiro atoms. The summed E-state index contributed by atoms with van der Waals surface area (Å²) in [6.45, 7) is 5.91. The first-order chi connectivity index (χ1) is 8.06. The topological polar surface area (TPSA) is 61.2 Å². The Labute approximate surface area is 100 Å². The van der Waals surface area contributed by atoms with Crippen LogP contribution in [0.3, 0.4) is 0 Å². The van der Waals surface area contributed by atoms with Gasteiger partial charge in [-0.2, -0.15) is 0 Å². The van der Waals surface area contributed by atoms with E-state index in [9.17, 15) is 4.79 Å². The number of furan rings is 1. The second-order valence-electron chi connectivity index (χ2n) is 4.60. The summed E-state index contributed by atoms with van der Waals surface area (Å²) in [5, 5.41) is 0. The third kappa shape index (κ3) is 1.89. The molecule has 0 bridgehead atoms. The van der Waals surface area contributed by atoms with Gasteiger partial charge in [0.2, 0.25) is 5.91 Å². The predicted molar refractivity (Wildman–Crippen MR) is 67.0 cm³/mol. The van der Waals surface area contributed by atoms with Crippen molar-refractivity contribution in [3.63, 3.8) is 0 Å². The summed E-state index contributed by atoms with van der Waals surface area (Å²) in [5.74, 6) is 0.0600. The second-order valence-corrected chi connectivity index (χ2v) is 4.60. The number of nitrogens with zero attached hydrogens (tertiary/aromatic N) is 1. The first-order valence-corrected chi connectivity index (χ1v) is 5.93. The third-order valence-electron chi connectivity index (χ3n) is 3.09. The highest BCUT2D eigenvalue weighted by Gasteiger charge is 2.23. The lowest BCUT2D eigenvalue weighted by Crippen LogP contribution is -2.39. The number of aromatic nitrogens is 1. The maximum atomic E-state index is 12.3. The van der Waals surface area contributed by atoms with Gasteiger partial charge >= 0.3 is 0 Å². The summed E-state index contributed by atoms with van der Waals surface area (Å²) in [5.41, 5.74) is 8.43. The molecule has 1 atom stereocenters. The summed E-state index contributed by atoms with van der Waals surface area (Å²) in [6, 6.07) is 3.23. The number of nitrogens with two attached hydrogens (primary N) is 1. The van der Waals surface area contributed by atoms with Gasteiger partial charge in [0.15, 0.2) is 5.58 Å². The molecule has 0 aliphatic heterocycles. The minimum atomic E-state index is -0.481. The van der Waals surface area contributed by atoms with E-state index in [0.29, 0.717) is 0 Å². The standard InChI is InChI=1S/C13H18N2O2/c1-4-9-7-11-10(5-6-17-11)15(9)13(16)12(14)8(2)3/h5-8,12H,4,14H2,1-3H3/t12-/m0/s1. The predicted octanol–water partition coefficient (Wildman–Crippen LogP) is 2.42. The maximum absolute atomic E-state index is 12.3. The highest BCUT2D eigenvalue weighted by Crippen LogP contribution is 2.22. The number of carbonyl (C=O) groups is 1. The van der Waals surface area contributed by atoms with Crippen LogP contribution in [0.2, 0.25) is 0 Å². The van der Waals surface area contributed by atoms with Gasteiger partial charge in [0.1, 0.15) is 0 Å². The van der Waals surface area contributed by atoms with Crippen LogP contribution in [-0.2, 0) is 6.42 Å². The molecule has 2 N–H and O–H groups in total. The van der Waals surface area contributed by atoms with E-state index in [4.69, 9.17) is 10.2 Å². The fraction of sp³-hybridized carbons (Fsp3) is 0.462. The van der Waals surface area contributed by atoms with Crippen LogP contribution in [0, 0.1) is 5.92 Å². The molecule has 2 heterocycles. The van der Waals surface area contributed by atoms with Gasteiger partial charge in [-0.15, -0.1) is 0 Å². The van der Waals surface area contributed by atoms with Crippen molar-refractivity contribution in [3.05, 3.63) is 24.1 Å². The van der Waals surface area contributed by atoms with Crippen LogP contribution >= 0.6 is 0 Å². The molecule has 4 heteroatoms. The fourth-order valence-corrected chi connectivity index (χ4v) is 1.93. The molecule has 2 aromatic rings. The van der Waals surface area contributed by atoms with Crippen molar-refractivity contribution in [1.29, 1.82) is 0 Å². The van der Waals surface area contributed by atoms with E-state index >= 15 is 0 Å². The van der Waals surface area contributed by atoms with E-state index in [1.54, 1.807) is 16.9 Å². The van der Waals surface area contributed by atoms with Gasteiger partial charge in [-0.25, -0.2) is 0 Å². The normalized spacial score (nSPS) is 13.5. The van der Waals surface area contributed by atoms with Crippen LogP contribution < -0.4 is 5.73 Å². The highest BCUT2D eigenvalue weighted by atomic mass is 16.3. The van der Waals surface area contributed by atoms with E-state index in [0.717, 1.165) is 23.2 Å². The quantitative estimate of drug-likeness (QED) is 0.887. The first-order valence-electron chi connectivity index (χ1n) is 5.93. The zero-order valence-corrected chi connectivity index (χ0v) is 10.4. The van der Waals surface area contributed by atoms with Crippen LogP contribution in [0.25, 0.3) is 11.1 Å². The minimum Gasteiger partial charge on any atom is -0.463 e. The molecule has 0 unspecified atom stereocenters. The molecule has 0 fully saturated rings. The van der Waals surface area contributed by atoms with Gasteiger partial charge < -0.3 is 10.2 Å². The van der Waals surface area contributed by atoms with Crippen molar-refractivity contribution in [2.45, 2.75) is 33.2 Å². The van der Waals surface area contributed by atoms with Crippen molar-refractivity contribution in [2.75, 3.05) is 0 Å². The molecular weight excluding hydrogens is 216 g/mol. The first kappa shape index (κ1) is 11.9. The van der Waals surface area contributed by atoms with Gasteiger partial charge in [-0.3, -0.25) is 9.36 Å². The fourth-order valence-electron chi connectivity index (χ4n) is 1.93. The van der Waals surface area contributed by atoms with E-state index in [2.05, 4.69) is 0 Å². The molecule has 0 amide bonds. The Kier molecular flexibility index (Phi) is 3.07. The number of hydrogen-bond acceptors (Lipinski definition) is 3. The lowest BCUT2D eigenvalue weighted by molar-refractivity contribution is 0.0859. The Morgan fingerprint density at radius 2 is 2.24 bits per heavy atom. The smallest absolute Gasteiger partial charge is 0.248 e. The van der Waals surface area contributed by atoms with Crippen molar-refractivity contribution in [1.82, 2.24) is 4.57 Å². The van der Waals surface area contributed by atoms with E-state index in [1.165, 1.54) is 0 Å². The van der Waals surface area contributed by atoms with Gasteiger partial charge in [0.05, 0.1) is 17.8 Å². The summed E-state index contributed by atoms with van der Waals surface area (Å²) in [4.78, 5) is 12.3. The molecule has 4 nitrogen and oxygen atoms in total. The van der Waals surface area contributed by atoms with Crippen LogP contribution in [0.1, 0.15) is 31.3 Å². The molecule has 0 saturated carbocycles. The monoisotopic (exact) mass is 234 g/mol. The highest BCUT2D eigenvalue weighted by molar-refractivity contribution is 5.94. The Morgan fingerprint density at radius 1 is 1.53 bits per heavy atom. The van der Waals surface area contributed by atoms with Crippen molar-refractivity contribution < 1.29 is 9.21 Å². The molecule has 0 saturated heterocycles. The summed E-state index contributed by atoms with van der Waals surface area (Å²) in [7, 11) is 0. The molecule has 0 aliphatic carbocycles. The second kappa shape index (κ2) is 4.37. The Hall–Kier alpha value is -1.55. The molecular formula is C13H18N2O2. The van der Waals surface area contributed by atoms with Gasteiger partial charge in [0, 0.05) is 17.8 Å². The van der Waals surface area contributed by atoms with Crippen LogP contribution in [0.15, 0.2) is 22.8 Å². The largest absolute Gasteiger partial charge is 0.463 e. The van der Waals surface area contributed by atoms with Gasteiger partial charge in [-0.1, -0.05) is 20.8 Å². The molecule has 0 radical (unpaired) electrons. The van der Waals surface area contributed by atoms with Crippen LogP contribution in [-0.4, -0.2) is 16.5 Å². The lowest BCUT2D eigenvalue weighted by Gasteiger charge is -2.16. The summed E-state index contributed by atoms with van der Waals surface area (Å²) >= 11 is 0. The average molecular weight is 234 g/mol.